The minimum Gasteiger partial charge on any atom is -0.474 e. The second kappa shape index (κ2) is 4.74. The zero-order chi connectivity index (χ0) is 13.3. The molecule has 0 bridgehead atoms. The predicted octanol–water partition coefficient (Wildman–Crippen LogP) is 3.02. The molecule has 0 amide bonds. The van der Waals surface area contributed by atoms with Crippen LogP contribution in [0.4, 0.5) is 0 Å². The molecule has 1 aliphatic heterocycles. The van der Waals surface area contributed by atoms with Crippen molar-refractivity contribution in [2.24, 2.45) is 0 Å². The van der Waals surface area contributed by atoms with E-state index in [1.807, 2.05) is 54.6 Å². The normalized spacial score (nSPS) is 21.6. The third-order valence-corrected chi connectivity index (χ3v) is 3.97. The van der Waals surface area contributed by atoms with Gasteiger partial charge in [0, 0.05) is 23.3 Å². The van der Waals surface area contributed by atoms with Gasteiger partial charge in [-0.2, -0.15) is 12.6 Å². The zero-order valence-corrected chi connectivity index (χ0v) is 11.3. The summed E-state index contributed by atoms with van der Waals surface area (Å²) < 4.78 is 6.04. The molecular weight excluding hydrogens is 256 g/mol. The summed E-state index contributed by atoms with van der Waals surface area (Å²) in [6.07, 6.45) is 0.394. The van der Waals surface area contributed by atoms with Gasteiger partial charge in [0.1, 0.15) is 5.75 Å². The highest BCUT2D eigenvalue weighted by Crippen LogP contribution is 2.38. The molecule has 2 aromatic carbocycles. The van der Waals surface area contributed by atoms with Crippen molar-refractivity contribution < 1.29 is 9.53 Å². The van der Waals surface area contributed by atoms with Crippen molar-refractivity contribution in [3.63, 3.8) is 0 Å². The lowest BCUT2D eigenvalue weighted by Gasteiger charge is -2.36. The summed E-state index contributed by atoms with van der Waals surface area (Å²) in [5.41, 5.74) is 0.851. The zero-order valence-electron chi connectivity index (χ0n) is 10.4. The molecule has 0 spiro atoms. The molecule has 1 aliphatic rings. The molecule has 3 heteroatoms. The number of carbonyl (C=O) groups excluding carboxylic acids is 1. The maximum Gasteiger partial charge on any atom is 0.201 e. The summed E-state index contributed by atoms with van der Waals surface area (Å²) in [5, 5.41) is 0. The number of benzene rings is 2. The maximum absolute atomic E-state index is 12.5. The van der Waals surface area contributed by atoms with Gasteiger partial charge in [-0.05, 0) is 6.07 Å². The Morgan fingerprint density at radius 2 is 1.74 bits per heavy atom. The van der Waals surface area contributed by atoms with Crippen molar-refractivity contribution in [1.29, 1.82) is 0 Å². The Morgan fingerprint density at radius 3 is 2.47 bits per heavy atom. The monoisotopic (exact) mass is 270 g/mol. The number of ether oxygens (including phenoxy) is 1. The van der Waals surface area contributed by atoms with Crippen LogP contribution in [0.2, 0.25) is 0 Å². The van der Waals surface area contributed by atoms with Crippen molar-refractivity contribution in [1.82, 2.24) is 0 Å². The standard InChI is InChI=1S/C16H14O2S/c17-15-10-12-6-4-5-9-14(12)18-16(15,11-19)13-7-2-1-3-8-13/h1-9,19H,10-11H2. The van der Waals surface area contributed by atoms with E-state index < -0.39 is 5.60 Å². The maximum atomic E-state index is 12.5. The molecule has 0 saturated carbocycles. The summed E-state index contributed by atoms with van der Waals surface area (Å²) >= 11 is 4.37. The minimum atomic E-state index is -0.960. The van der Waals surface area contributed by atoms with Crippen LogP contribution in [0.3, 0.4) is 0 Å². The van der Waals surface area contributed by atoms with Gasteiger partial charge in [-0.1, -0.05) is 48.5 Å². The predicted molar refractivity (Wildman–Crippen MR) is 77.8 cm³/mol. The number of rotatable bonds is 2. The van der Waals surface area contributed by atoms with Gasteiger partial charge in [0.25, 0.3) is 0 Å². The number of para-hydroxylation sites is 1. The van der Waals surface area contributed by atoms with E-state index >= 15 is 0 Å². The third kappa shape index (κ3) is 1.94. The van der Waals surface area contributed by atoms with E-state index in [9.17, 15) is 4.79 Å². The molecule has 2 nitrogen and oxygen atoms in total. The van der Waals surface area contributed by atoms with Gasteiger partial charge in [0.15, 0.2) is 5.78 Å². The minimum absolute atomic E-state index is 0.0624. The summed E-state index contributed by atoms with van der Waals surface area (Å²) in [6, 6.07) is 17.3. The van der Waals surface area contributed by atoms with Crippen molar-refractivity contribution in [3.8, 4) is 5.75 Å². The molecule has 1 unspecified atom stereocenters. The number of fused-ring (bicyclic) bond motifs is 1. The second-order valence-electron chi connectivity index (χ2n) is 4.66. The number of hydrogen-bond acceptors (Lipinski definition) is 3. The van der Waals surface area contributed by atoms with Gasteiger partial charge in [-0.3, -0.25) is 4.79 Å². The third-order valence-electron chi connectivity index (χ3n) is 3.52. The van der Waals surface area contributed by atoms with E-state index in [0.29, 0.717) is 12.2 Å². The van der Waals surface area contributed by atoms with Crippen LogP contribution in [-0.4, -0.2) is 11.5 Å². The van der Waals surface area contributed by atoms with Crippen LogP contribution in [0.5, 0.6) is 5.75 Å². The lowest BCUT2D eigenvalue weighted by atomic mass is 9.85. The van der Waals surface area contributed by atoms with Gasteiger partial charge in [-0.25, -0.2) is 0 Å². The topological polar surface area (TPSA) is 26.3 Å². The molecule has 0 radical (unpaired) electrons. The fourth-order valence-electron chi connectivity index (χ4n) is 2.45. The molecule has 1 atom stereocenters. The van der Waals surface area contributed by atoms with Gasteiger partial charge in [0.2, 0.25) is 5.60 Å². The molecule has 0 aromatic heterocycles. The first-order valence-corrected chi connectivity index (χ1v) is 6.86. The Kier molecular flexibility index (Phi) is 3.07. The Labute approximate surface area is 117 Å². The van der Waals surface area contributed by atoms with Gasteiger partial charge in [-0.15, -0.1) is 0 Å². The van der Waals surface area contributed by atoms with Crippen LogP contribution in [0, 0.1) is 0 Å². The van der Waals surface area contributed by atoms with E-state index in [2.05, 4.69) is 12.6 Å². The number of ketones is 1. The smallest absolute Gasteiger partial charge is 0.201 e. The van der Waals surface area contributed by atoms with Crippen LogP contribution in [0.1, 0.15) is 11.1 Å². The number of Topliss-reactive ketones (excluding diaryl/α,β-unsaturated/α-hetero) is 1. The number of hydrogen-bond donors (Lipinski definition) is 1. The molecule has 0 aliphatic carbocycles. The van der Waals surface area contributed by atoms with Crippen LogP contribution in [-0.2, 0) is 16.8 Å². The Hall–Kier alpha value is -1.74. The van der Waals surface area contributed by atoms with Crippen molar-refractivity contribution >= 4 is 18.4 Å². The van der Waals surface area contributed by atoms with E-state index in [0.717, 1.165) is 16.9 Å². The molecule has 0 N–H and O–H groups in total. The first-order chi connectivity index (χ1) is 9.26. The quantitative estimate of drug-likeness (QED) is 0.849. The molecule has 19 heavy (non-hydrogen) atoms. The average Bonchev–Trinajstić information content (AvgIpc) is 2.47. The molecule has 96 valence electrons. The Balaban J connectivity index is 2.11. The molecule has 0 fully saturated rings. The molecule has 3 rings (SSSR count). The fourth-order valence-corrected chi connectivity index (χ4v) is 2.87. The first-order valence-electron chi connectivity index (χ1n) is 6.23. The van der Waals surface area contributed by atoms with Crippen molar-refractivity contribution in [3.05, 3.63) is 65.7 Å². The second-order valence-corrected chi connectivity index (χ2v) is 4.98. The van der Waals surface area contributed by atoms with Gasteiger partial charge >= 0.3 is 0 Å². The van der Waals surface area contributed by atoms with Crippen LogP contribution >= 0.6 is 12.6 Å². The Morgan fingerprint density at radius 1 is 1.05 bits per heavy atom. The van der Waals surface area contributed by atoms with E-state index in [1.165, 1.54) is 0 Å². The number of carbonyl (C=O) groups is 1. The van der Waals surface area contributed by atoms with Gasteiger partial charge < -0.3 is 4.74 Å². The fraction of sp³-hybridized carbons (Fsp3) is 0.188. The van der Waals surface area contributed by atoms with Crippen LogP contribution < -0.4 is 4.74 Å². The van der Waals surface area contributed by atoms with Crippen LogP contribution in [0.15, 0.2) is 54.6 Å². The molecular formula is C16H14O2S. The highest BCUT2D eigenvalue weighted by molar-refractivity contribution is 7.80. The summed E-state index contributed by atoms with van der Waals surface area (Å²) in [7, 11) is 0. The van der Waals surface area contributed by atoms with E-state index in [4.69, 9.17) is 4.74 Å². The van der Waals surface area contributed by atoms with Crippen molar-refractivity contribution in [2.45, 2.75) is 12.0 Å². The summed E-state index contributed by atoms with van der Waals surface area (Å²) in [5.74, 6) is 1.18. The lowest BCUT2D eigenvalue weighted by molar-refractivity contribution is -0.134. The SMILES string of the molecule is O=C1Cc2ccccc2OC1(CS)c1ccccc1. The van der Waals surface area contributed by atoms with Crippen molar-refractivity contribution in [2.75, 3.05) is 5.75 Å². The largest absolute Gasteiger partial charge is 0.474 e. The van der Waals surface area contributed by atoms with Crippen LogP contribution in [0.25, 0.3) is 0 Å². The van der Waals surface area contributed by atoms with E-state index in [1.54, 1.807) is 0 Å². The summed E-state index contributed by atoms with van der Waals surface area (Å²) in [6.45, 7) is 0. The average molecular weight is 270 g/mol. The summed E-state index contributed by atoms with van der Waals surface area (Å²) in [4.78, 5) is 12.5. The lowest BCUT2D eigenvalue weighted by Crippen LogP contribution is -2.47. The first kappa shape index (κ1) is 12.3. The highest BCUT2D eigenvalue weighted by Gasteiger charge is 2.44. The molecule has 2 aromatic rings. The van der Waals surface area contributed by atoms with E-state index in [-0.39, 0.29) is 5.78 Å². The van der Waals surface area contributed by atoms with Gasteiger partial charge in [0.05, 0.1) is 0 Å². The number of thiol groups is 1. The highest BCUT2D eigenvalue weighted by atomic mass is 32.1. The molecule has 0 saturated heterocycles. The Bertz CT molecular complexity index is 609. The molecule has 1 heterocycles.